The Hall–Kier alpha value is -0.120. The van der Waals surface area contributed by atoms with Crippen LogP contribution in [0, 0.1) is 5.92 Å². The summed E-state index contributed by atoms with van der Waals surface area (Å²) in [5.74, 6) is 0.573. The molecule has 0 saturated carbocycles. The fourth-order valence-electron chi connectivity index (χ4n) is 1.05. The van der Waals surface area contributed by atoms with Crippen LogP contribution in [-0.2, 0) is 4.74 Å². The molecule has 0 rings (SSSR count). The highest BCUT2D eigenvalue weighted by atomic mass is 16.5. The average molecular weight is 175 g/mol. The normalized spacial score (nSPS) is 13.2. The lowest BCUT2D eigenvalue weighted by Gasteiger charge is -2.10. The van der Waals surface area contributed by atoms with Crippen LogP contribution in [0.15, 0.2) is 0 Å². The molecule has 0 aliphatic carbocycles. The third-order valence-corrected chi connectivity index (χ3v) is 1.71. The third kappa shape index (κ3) is 7.98. The Morgan fingerprint density at radius 3 is 2.75 bits per heavy atom. The SMILES string of the molecule is COCC(C)CNCCCCO. The van der Waals surface area contributed by atoms with Crippen molar-refractivity contribution >= 4 is 0 Å². The molecule has 0 aliphatic heterocycles. The van der Waals surface area contributed by atoms with Crippen molar-refractivity contribution < 1.29 is 9.84 Å². The Bertz CT molecular complexity index is 88.6. The molecule has 12 heavy (non-hydrogen) atoms. The minimum Gasteiger partial charge on any atom is -0.396 e. The van der Waals surface area contributed by atoms with Crippen molar-refractivity contribution in [1.29, 1.82) is 0 Å². The fraction of sp³-hybridized carbons (Fsp3) is 1.00. The van der Waals surface area contributed by atoms with Crippen LogP contribution in [0.4, 0.5) is 0 Å². The summed E-state index contributed by atoms with van der Waals surface area (Å²) in [4.78, 5) is 0. The van der Waals surface area contributed by atoms with Gasteiger partial charge in [-0.15, -0.1) is 0 Å². The van der Waals surface area contributed by atoms with Crippen molar-refractivity contribution in [2.45, 2.75) is 19.8 Å². The van der Waals surface area contributed by atoms with Gasteiger partial charge < -0.3 is 15.2 Å². The first kappa shape index (κ1) is 11.9. The second kappa shape index (κ2) is 8.97. The lowest BCUT2D eigenvalue weighted by molar-refractivity contribution is 0.158. The summed E-state index contributed by atoms with van der Waals surface area (Å²) in [5.41, 5.74) is 0. The molecule has 74 valence electrons. The molecule has 3 nitrogen and oxygen atoms in total. The molecule has 2 N–H and O–H groups in total. The van der Waals surface area contributed by atoms with Gasteiger partial charge in [-0.05, 0) is 31.8 Å². The molecular weight excluding hydrogens is 154 g/mol. The van der Waals surface area contributed by atoms with Gasteiger partial charge in [0.25, 0.3) is 0 Å². The highest BCUT2D eigenvalue weighted by Crippen LogP contribution is 1.92. The molecule has 0 radical (unpaired) electrons. The second-order valence-electron chi connectivity index (χ2n) is 3.20. The Kier molecular flexibility index (Phi) is 8.88. The van der Waals surface area contributed by atoms with Gasteiger partial charge in [-0.3, -0.25) is 0 Å². The zero-order chi connectivity index (χ0) is 9.23. The van der Waals surface area contributed by atoms with E-state index in [0.29, 0.717) is 12.5 Å². The van der Waals surface area contributed by atoms with Crippen LogP contribution in [0.1, 0.15) is 19.8 Å². The number of ether oxygens (including phenoxy) is 1. The van der Waals surface area contributed by atoms with Crippen LogP contribution in [-0.4, -0.2) is 38.5 Å². The predicted octanol–water partition coefficient (Wildman–Crippen LogP) is 0.631. The average Bonchev–Trinajstić information content (AvgIpc) is 2.05. The van der Waals surface area contributed by atoms with Crippen LogP contribution >= 0.6 is 0 Å². The van der Waals surface area contributed by atoms with E-state index in [4.69, 9.17) is 9.84 Å². The van der Waals surface area contributed by atoms with Crippen LogP contribution in [0.5, 0.6) is 0 Å². The smallest absolute Gasteiger partial charge is 0.0499 e. The summed E-state index contributed by atoms with van der Waals surface area (Å²) in [5, 5.41) is 11.8. The maximum atomic E-state index is 8.51. The van der Waals surface area contributed by atoms with Gasteiger partial charge in [0.2, 0.25) is 0 Å². The molecule has 0 heterocycles. The van der Waals surface area contributed by atoms with E-state index in [0.717, 1.165) is 32.5 Å². The molecule has 0 aromatic rings. The zero-order valence-electron chi connectivity index (χ0n) is 8.18. The van der Waals surface area contributed by atoms with Gasteiger partial charge in [-0.2, -0.15) is 0 Å². The number of aliphatic hydroxyl groups excluding tert-OH is 1. The van der Waals surface area contributed by atoms with E-state index in [2.05, 4.69) is 12.2 Å². The Labute approximate surface area is 75.1 Å². The first-order valence-electron chi connectivity index (χ1n) is 4.61. The van der Waals surface area contributed by atoms with E-state index >= 15 is 0 Å². The largest absolute Gasteiger partial charge is 0.396 e. The Morgan fingerprint density at radius 2 is 2.17 bits per heavy atom. The lowest BCUT2D eigenvalue weighted by atomic mass is 10.2. The minimum atomic E-state index is 0.301. The maximum Gasteiger partial charge on any atom is 0.0499 e. The third-order valence-electron chi connectivity index (χ3n) is 1.71. The molecule has 0 aliphatic rings. The molecular formula is C9H21NO2. The topological polar surface area (TPSA) is 41.5 Å². The van der Waals surface area contributed by atoms with Gasteiger partial charge in [-0.25, -0.2) is 0 Å². The molecule has 1 unspecified atom stereocenters. The van der Waals surface area contributed by atoms with Crippen molar-refractivity contribution in [3.8, 4) is 0 Å². The monoisotopic (exact) mass is 175 g/mol. The summed E-state index contributed by atoms with van der Waals surface area (Å²) in [6.45, 7) is 5.26. The van der Waals surface area contributed by atoms with E-state index in [1.54, 1.807) is 7.11 Å². The number of methoxy groups -OCH3 is 1. The van der Waals surface area contributed by atoms with Gasteiger partial charge in [0.15, 0.2) is 0 Å². The standard InChI is InChI=1S/C9H21NO2/c1-9(8-12-2)7-10-5-3-4-6-11/h9-11H,3-8H2,1-2H3. The van der Waals surface area contributed by atoms with Crippen LogP contribution in [0.3, 0.4) is 0 Å². The van der Waals surface area contributed by atoms with Gasteiger partial charge >= 0.3 is 0 Å². The summed E-state index contributed by atoms with van der Waals surface area (Å²) >= 11 is 0. The van der Waals surface area contributed by atoms with Gasteiger partial charge in [0.05, 0.1) is 0 Å². The summed E-state index contributed by atoms with van der Waals surface area (Å²) in [6, 6.07) is 0. The molecule has 0 bridgehead atoms. The minimum absolute atomic E-state index is 0.301. The number of aliphatic hydroxyl groups is 1. The van der Waals surface area contributed by atoms with E-state index in [1.807, 2.05) is 0 Å². The van der Waals surface area contributed by atoms with E-state index in [-0.39, 0.29) is 0 Å². The molecule has 0 amide bonds. The van der Waals surface area contributed by atoms with Crippen LogP contribution in [0.25, 0.3) is 0 Å². The molecule has 0 aromatic carbocycles. The zero-order valence-corrected chi connectivity index (χ0v) is 8.18. The van der Waals surface area contributed by atoms with E-state index in [1.165, 1.54) is 0 Å². The Morgan fingerprint density at radius 1 is 1.42 bits per heavy atom. The number of hydrogen-bond acceptors (Lipinski definition) is 3. The molecule has 3 heteroatoms. The van der Waals surface area contributed by atoms with Gasteiger partial charge in [0, 0.05) is 20.3 Å². The lowest BCUT2D eigenvalue weighted by Crippen LogP contribution is -2.24. The van der Waals surface area contributed by atoms with Gasteiger partial charge in [0.1, 0.15) is 0 Å². The Balaban J connectivity index is 2.97. The predicted molar refractivity (Wildman–Crippen MR) is 50.2 cm³/mol. The van der Waals surface area contributed by atoms with Crippen LogP contribution in [0.2, 0.25) is 0 Å². The van der Waals surface area contributed by atoms with E-state index in [9.17, 15) is 0 Å². The van der Waals surface area contributed by atoms with Crippen molar-refractivity contribution in [1.82, 2.24) is 5.32 Å². The molecule has 0 aromatic heterocycles. The fourth-order valence-corrected chi connectivity index (χ4v) is 1.05. The van der Waals surface area contributed by atoms with E-state index < -0.39 is 0 Å². The molecule has 0 fully saturated rings. The maximum absolute atomic E-state index is 8.51. The van der Waals surface area contributed by atoms with Crippen molar-refractivity contribution in [2.24, 2.45) is 5.92 Å². The highest BCUT2D eigenvalue weighted by Gasteiger charge is 1.98. The first-order valence-corrected chi connectivity index (χ1v) is 4.61. The molecule has 0 spiro atoms. The van der Waals surface area contributed by atoms with Gasteiger partial charge in [-0.1, -0.05) is 6.92 Å². The quantitative estimate of drug-likeness (QED) is 0.532. The molecule has 0 saturated heterocycles. The number of unbranched alkanes of at least 4 members (excludes halogenated alkanes) is 1. The second-order valence-corrected chi connectivity index (χ2v) is 3.20. The highest BCUT2D eigenvalue weighted by molar-refractivity contribution is 4.55. The van der Waals surface area contributed by atoms with Crippen LogP contribution < -0.4 is 5.32 Å². The van der Waals surface area contributed by atoms with Crippen molar-refractivity contribution in [3.05, 3.63) is 0 Å². The molecule has 1 atom stereocenters. The number of nitrogens with one attached hydrogen (secondary N) is 1. The first-order chi connectivity index (χ1) is 5.81. The summed E-state index contributed by atoms with van der Waals surface area (Å²) in [6.07, 6.45) is 1.95. The summed E-state index contributed by atoms with van der Waals surface area (Å²) < 4.78 is 5.00. The number of hydrogen-bond donors (Lipinski definition) is 2. The van der Waals surface area contributed by atoms with Crippen molar-refractivity contribution in [2.75, 3.05) is 33.4 Å². The van der Waals surface area contributed by atoms with Crippen molar-refractivity contribution in [3.63, 3.8) is 0 Å². The number of rotatable bonds is 8. The summed E-state index contributed by atoms with van der Waals surface area (Å²) in [7, 11) is 1.72.